The summed E-state index contributed by atoms with van der Waals surface area (Å²) in [5.41, 5.74) is 2.14. The lowest BCUT2D eigenvalue weighted by Gasteiger charge is -2.20. The van der Waals surface area contributed by atoms with Crippen LogP contribution < -0.4 is 0 Å². The Kier molecular flexibility index (Phi) is 8.37. The minimum absolute atomic E-state index is 0.240. The van der Waals surface area contributed by atoms with E-state index in [-0.39, 0.29) is 17.3 Å². The van der Waals surface area contributed by atoms with Crippen molar-refractivity contribution >= 4 is 18.0 Å². The monoisotopic (exact) mass is 385 g/mol. The second-order valence-electron chi connectivity index (χ2n) is 6.37. The summed E-state index contributed by atoms with van der Waals surface area (Å²) in [5, 5.41) is 8.94. The number of carbonyl (C=O) groups is 2. The molecule has 0 amide bonds. The van der Waals surface area contributed by atoms with Gasteiger partial charge in [-0.2, -0.15) is 0 Å². The predicted octanol–water partition coefficient (Wildman–Crippen LogP) is 3.99. The number of benzene rings is 2. The van der Waals surface area contributed by atoms with E-state index in [0.29, 0.717) is 32.5 Å². The zero-order chi connectivity index (χ0) is 20.4. The third-order valence-electron chi connectivity index (χ3n) is 4.23. The van der Waals surface area contributed by atoms with E-state index in [4.69, 9.17) is 5.11 Å². The maximum Gasteiger partial charge on any atom is 0.335 e. The number of carbonyl (C=O) groups excluding carboxylic acids is 1. The van der Waals surface area contributed by atoms with Gasteiger partial charge in [-0.15, -0.1) is 0 Å². The summed E-state index contributed by atoms with van der Waals surface area (Å²) in [4.78, 5) is 24.4. The van der Waals surface area contributed by atoms with Gasteiger partial charge in [0.15, 0.2) is 0 Å². The number of methoxy groups -OCH3 is 1. The Morgan fingerprint density at radius 3 is 2.39 bits per heavy atom. The molecule has 0 saturated carbocycles. The maximum absolute atomic E-state index is 13.1. The molecule has 28 heavy (non-hydrogen) atoms. The van der Waals surface area contributed by atoms with Gasteiger partial charge in [-0.3, -0.25) is 9.69 Å². The number of ether oxygens (including phenoxy) is 1. The van der Waals surface area contributed by atoms with Gasteiger partial charge in [-0.1, -0.05) is 36.4 Å². The highest BCUT2D eigenvalue weighted by Gasteiger charge is 2.07. The molecule has 0 saturated heterocycles. The molecular weight excluding hydrogens is 361 g/mol. The first-order valence-electron chi connectivity index (χ1n) is 9.01. The van der Waals surface area contributed by atoms with Crippen LogP contribution in [-0.2, 0) is 16.1 Å². The molecule has 6 heteroatoms. The second kappa shape index (κ2) is 11.0. The number of carboxylic acids is 1. The Morgan fingerprint density at radius 2 is 1.79 bits per heavy atom. The lowest BCUT2D eigenvalue weighted by Crippen LogP contribution is -2.25. The lowest BCUT2D eigenvalue weighted by molar-refractivity contribution is -0.140. The van der Waals surface area contributed by atoms with Gasteiger partial charge in [-0.05, 0) is 48.4 Å². The van der Waals surface area contributed by atoms with Gasteiger partial charge >= 0.3 is 11.9 Å². The number of esters is 1. The summed E-state index contributed by atoms with van der Waals surface area (Å²) in [7, 11) is 1.37. The smallest absolute Gasteiger partial charge is 0.335 e. The first-order valence-corrected chi connectivity index (χ1v) is 9.01. The minimum atomic E-state index is -0.952. The van der Waals surface area contributed by atoms with E-state index in [1.807, 2.05) is 12.2 Å². The van der Waals surface area contributed by atoms with E-state index in [0.717, 1.165) is 11.1 Å². The molecule has 2 aromatic carbocycles. The van der Waals surface area contributed by atoms with E-state index in [9.17, 15) is 14.0 Å². The lowest BCUT2D eigenvalue weighted by atomic mass is 10.1. The van der Waals surface area contributed by atoms with Crippen LogP contribution in [0.1, 0.15) is 34.3 Å². The topological polar surface area (TPSA) is 66.8 Å². The quantitative estimate of drug-likeness (QED) is 0.627. The van der Waals surface area contributed by atoms with Crippen LogP contribution in [0.3, 0.4) is 0 Å². The van der Waals surface area contributed by atoms with Gasteiger partial charge in [0.05, 0.1) is 12.7 Å². The molecule has 0 aliphatic heterocycles. The number of aromatic carboxylic acids is 1. The van der Waals surface area contributed by atoms with Crippen LogP contribution in [0, 0.1) is 5.82 Å². The van der Waals surface area contributed by atoms with Gasteiger partial charge in [-0.25, -0.2) is 9.18 Å². The fraction of sp³-hybridized carbons (Fsp3) is 0.273. The molecule has 0 fully saturated rings. The normalized spacial score (nSPS) is 11.1. The molecule has 1 N–H and O–H groups in total. The van der Waals surface area contributed by atoms with Gasteiger partial charge in [0.1, 0.15) is 5.82 Å². The number of nitrogens with zero attached hydrogens (tertiary/aromatic N) is 1. The largest absolute Gasteiger partial charge is 0.478 e. The second-order valence-corrected chi connectivity index (χ2v) is 6.37. The molecule has 0 radical (unpaired) electrons. The van der Waals surface area contributed by atoms with Crippen molar-refractivity contribution in [3.8, 4) is 0 Å². The molecule has 0 atom stereocenters. The predicted molar refractivity (Wildman–Crippen MR) is 105 cm³/mol. The van der Waals surface area contributed by atoms with Crippen LogP contribution in [0.25, 0.3) is 6.08 Å². The highest BCUT2D eigenvalue weighted by molar-refractivity contribution is 5.87. The Morgan fingerprint density at radius 1 is 1.11 bits per heavy atom. The van der Waals surface area contributed by atoms with Gasteiger partial charge < -0.3 is 9.84 Å². The zero-order valence-corrected chi connectivity index (χ0v) is 15.8. The molecular formula is C22H24FNO4. The Bertz CT molecular complexity index is 800. The van der Waals surface area contributed by atoms with Crippen LogP contribution in [0.2, 0.25) is 0 Å². The van der Waals surface area contributed by atoms with Crippen LogP contribution >= 0.6 is 0 Å². The molecule has 0 spiro atoms. The molecule has 0 heterocycles. The SMILES string of the molecule is COC(=O)CCCN(CC=Cc1ccc(C(=O)O)cc1)Cc1ccc(F)cc1. The molecule has 0 unspecified atom stereocenters. The molecule has 0 bridgehead atoms. The van der Waals surface area contributed by atoms with Gasteiger partial charge in [0.2, 0.25) is 0 Å². The summed E-state index contributed by atoms with van der Waals surface area (Å²) in [6.07, 6.45) is 4.91. The fourth-order valence-corrected chi connectivity index (χ4v) is 2.71. The van der Waals surface area contributed by atoms with Crippen LogP contribution in [0.15, 0.2) is 54.6 Å². The third kappa shape index (κ3) is 7.32. The van der Waals surface area contributed by atoms with E-state index in [1.54, 1.807) is 36.4 Å². The first-order chi connectivity index (χ1) is 13.5. The van der Waals surface area contributed by atoms with Crippen LogP contribution in [-0.4, -0.2) is 42.1 Å². The Hall–Kier alpha value is -2.99. The summed E-state index contributed by atoms with van der Waals surface area (Å²) in [6, 6.07) is 13.0. The van der Waals surface area contributed by atoms with Crippen LogP contribution in [0.5, 0.6) is 0 Å². The first kappa shape index (κ1) is 21.3. The number of rotatable bonds is 10. The van der Waals surface area contributed by atoms with E-state index < -0.39 is 5.97 Å². The number of hydrogen-bond donors (Lipinski definition) is 1. The molecule has 0 aromatic heterocycles. The van der Waals surface area contributed by atoms with Crippen molar-refractivity contribution in [3.63, 3.8) is 0 Å². The van der Waals surface area contributed by atoms with Crippen molar-refractivity contribution in [1.29, 1.82) is 0 Å². The van der Waals surface area contributed by atoms with Crippen molar-refractivity contribution in [3.05, 3.63) is 77.1 Å². The van der Waals surface area contributed by atoms with E-state index in [2.05, 4.69) is 9.64 Å². The summed E-state index contributed by atoms with van der Waals surface area (Å²) >= 11 is 0. The van der Waals surface area contributed by atoms with Gasteiger partial charge in [0, 0.05) is 19.5 Å². The van der Waals surface area contributed by atoms with Crippen molar-refractivity contribution in [1.82, 2.24) is 4.90 Å². The number of halogens is 1. The average Bonchev–Trinajstić information content (AvgIpc) is 2.69. The fourth-order valence-electron chi connectivity index (χ4n) is 2.71. The van der Waals surface area contributed by atoms with E-state index >= 15 is 0 Å². The molecule has 2 aromatic rings. The number of hydrogen-bond acceptors (Lipinski definition) is 4. The van der Waals surface area contributed by atoms with Crippen molar-refractivity contribution in [2.75, 3.05) is 20.2 Å². The van der Waals surface area contributed by atoms with Gasteiger partial charge in [0.25, 0.3) is 0 Å². The van der Waals surface area contributed by atoms with Crippen molar-refractivity contribution < 1.29 is 23.8 Å². The molecule has 2 rings (SSSR count). The number of carboxylic acid groups (broad SMARTS) is 1. The summed E-state index contributed by atoms with van der Waals surface area (Å²) < 4.78 is 17.8. The van der Waals surface area contributed by atoms with Crippen molar-refractivity contribution in [2.24, 2.45) is 0 Å². The highest BCUT2D eigenvalue weighted by Crippen LogP contribution is 2.10. The average molecular weight is 385 g/mol. The molecule has 0 aliphatic rings. The standard InChI is InChI=1S/C22H24FNO4/c1-28-21(25)5-3-15-24(16-18-8-12-20(23)13-9-18)14-2-4-17-6-10-19(11-7-17)22(26)27/h2,4,6-13H,3,5,14-16H2,1H3,(H,26,27). The van der Waals surface area contributed by atoms with E-state index in [1.165, 1.54) is 19.2 Å². The zero-order valence-electron chi connectivity index (χ0n) is 15.8. The summed E-state index contributed by atoms with van der Waals surface area (Å²) in [5.74, 6) is -1.46. The highest BCUT2D eigenvalue weighted by atomic mass is 19.1. The molecule has 5 nitrogen and oxygen atoms in total. The molecule has 0 aliphatic carbocycles. The van der Waals surface area contributed by atoms with Crippen molar-refractivity contribution in [2.45, 2.75) is 19.4 Å². The molecule has 148 valence electrons. The Balaban J connectivity index is 1.97. The van der Waals surface area contributed by atoms with Crippen LogP contribution in [0.4, 0.5) is 4.39 Å². The minimum Gasteiger partial charge on any atom is -0.478 e. The summed E-state index contributed by atoms with van der Waals surface area (Å²) in [6.45, 7) is 1.96. The Labute approximate surface area is 164 Å². The maximum atomic E-state index is 13.1. The third-order valence-corrected chi connectivity index (χ3v) is 4.23.